The number of rotatable bonds is 3. The predicted octanol–water partition coefficient (Wildman–Crippen LogP) is 4.46. The van der Waals surface area contributed by atoms with Gasteiger partial charge in [-0.3, -0.25) is 0 Å². The highest BCUT2D eigenvalue weighted by Gasteiger charge is 2.00. The first kappa shape index (κ1) is 13.6. The van der Waals surface area contributed by atoms with E-state index in [0.29, 0.717) is 0 Å². The second-order valence-corrected chi connectivity index (χ2v) is 4.71. The van der Waals surface area contributed by atoms with Gasteiger partial charge in [0, 0.05) is 21.8 Å². The molecule has 0 fully saturated rings. The van der Waals surface area contributed by atoms with E-state index >= 15 is 0 Å². The van der Waals surface area contributed by atoms with Crippen LogP contribution in [0.15, 0.2) is 48.5 Å². The minimum atomic E-state index is 0.855. The molecule has 100 valence electrons. The number of unbranched alkanes of at least 4 members (excludes halogenated alkanes) is 2. The number of benzene rings is 2. The smallest absolute Gasteiger partial charge is 0.0464 e. The molecular weight excluding hydrogens is 232 g/mol. The van der Waals surface area contributed by atoms with Gasteiger partial charge in [0.25, 0.3) is 0 Å². The maximum Gasteiger partial charge on any atom is 0.0464 e. The van der Waals surface area contributed by atoms with Crippen molar-refractivity contribution < 1.29 is 0 Å². The van der Waals surface area contributed by atoms with Gasteiger partial charge in [0.15, 0.2) is 0 Å². The molecule has 3 rings (SSSR count). The van der Waals surface area contributed by atoms with Gasteiger partial charge in [-0.1, -0.05) is 56.2 Å². The van der Waals surface area contributed by atoms with Gasteiger partial charge in [0.1, 0.15) is 0 Å². The Hall–Kier alpha value is -1.80. The second kappa shape index (κ2) is 6.95. The molecule has 1 aromatic heterocycles. The molecule has 0 aliphatic heterocycles. The van der Waals surface area contributed by atoms with Crippen molar-refractivity contribution in [3.05, 3.63) is 48.5 Å². The van der Waals surface area contributed by atoms with E-state index in [1.807, 2.05) is 0 Å². The summed E-state index contributed by atoms with van der Waals surface area (Å²) in [6, 6.07) is 16.8. The first-order valence-electron chi connectivity index (χ1n) is 7.02. The van der Waals surface area contributed by atoms with Crippen molar-refractivity contribution >= 4 is 21.8 Å². The van der Waals surface area contributed by atoms with E-state index in [1.54, 1.807) is 0 Å². The lowest BCUT2D eigenvalue weighted by Gasteiger charge is -1.87. The first-order valence-corrected chi connectivity index (χ1v) is 7.02. The Morgan fingerprint density at radius 1 is 0.842 bits per heavy atom. The lowest BCUT2D eigenvalue weighted by atomic mass is 10.2. The summed E-state index contributed by atoms with van der Waals surface area (Å²) >= 11 is 0. The highest BCUT2D eigenvalue weighted by Crippen LogP contribution is 2.24. The molecule has 0 atom stereocenters. The van der Waals surface area contributed by atoms with Crippen LogP contribution in [-0.2, 0) is 0 Å². The lowest BCUT2D eigenvalue weighted by Crippen LogP contribution is -1.96. The van der Waals surface area contributed by atoms with Crippen molar-refractivity contribution in [2.75, 3.05) is 6.54 Å². The summed E-state index contributed by atoms with van der Waals surface area (Å²) in [5, 5.41) is 2.61. The molecule has 1 heterocycles. The molecule has 3 aromatic rings. The molecule has 0 saturated heterocycles. The molecule has 0 spiro atoms. The van der Waals surface area contributed by atoms with E-state index in [-0.39, 0.29) is 0 Å². The van der Waals surface area contributed by atoms with Gasteiger partial charge in [0.2, 0.25) is 0 Å². The van der Waals surface area contributed by atoms with Crippen LogP contribution >= 0.6 is 0 Å². The third kappa shape index (κ3) is 3.36. The number of aromatic amines is 1. The van der Waals surface area contributed by atoms with Crippen LogP contribution < -0.4 is 5.73 Å². The number of hydrogen-bond donors (Lipinski definition) is 2. The Morgan fingerprint density at radius 2 is 1.37 bits per heavy atom. The van der Waals surface area contributed by atoms with Gasteiger partial charge in [0.05, 0.1) is 0 Å². The number of fused-ring (bicyclic) bond motifs is 3. The molecule has 0 unspecified atom stereocenters. The summed E-state index contributed by atoms with van der Waals surface area (Å²) in [6.07, 6.45) is 3.75. The van der Waals surface area contributed by atoms with Crippen molar-refractivity contribution in [1.29, 1.82) is 0 Å². The normalized spacial score (nSPS) is 10.4. The fourth-order valence-electron chi connectivity index (χ4n) is 2.19. The Labute approximate surface area is 114 Å². The number of nitrogens with two attached hydrogens (primary N) is 1. The maximum absolute atomic E-state index is 5.21. The zero-order valence-electron chi connectivity index (χ0n) is 11.5. The van der Waals surface area contributed by atoms with Crippen LogP contribution in [0.4, 0.5) is 0 Å². The Bertz CT molecular complexity index is 571. The monoisotopic (exact) mass is 254 g/mol. The summed E-state index contributed by atoms with van der Waals surface area (Å²) in [4.78, 5) is 3.38. The molecule has 2 heteroatoms. The lowest BCUT2D eigenvalue weighted by molar-refractivity contribution is 0.727. The third-order valence-electron chi connectivity index (χ3n) is 3.22. The fraction of sp³-hybridized carbons (Fsp3) is 0.294. The zero-order valence-corrected chi connectivity index (χ0v) is 11.5. The first-order chi connectivity index (χ1) is 9.36. The number of H-pyrrole nitrogens is 1. The van der Waals surface area contributed by atoms with Crippen molar-refractivity contribution in [2.24, 2.45) is 5.73 Å². The zero-order chi connectivity index (χ0) is 13.5. The SMILES string of the molecule is CCCCCN.c1ccc2c(c1)[nH]c1ccccc12. The summed E-state index contributed by atoms with van der Waals surface area (Å²) in [7, 11) is 0. The average Bonchev–Trinajstić information content (AvgIpc) is 2.84. The summed E-state index contributed by atoms with van der Waals surface area (Å²) in [5.41, 5.74) is 7.64. The maximum atomic E-state index is 5.21. The minimum absolute atomic E-state index is 0.855. The summed E-state index contributed by atoms with van der Waals surface area (Å²) in [6.45, 7) is 3.03. The van der Waals surface area contributed by atoms with Crippen molar-refractivity contribution in [2.45, 2.75) is 26.2 Å². The third-order valence-corrected chi connectivity index (χ3v) is 3.22. The molecule has 0 aliphatic carbocycles. The van der Waals surface area contributed by atoms with Gasteiger partial charge >= 0.3 is 0 Å². The van der Waals surface area contributed by atoms with E-state index in [1.165, 1.54) is 41.1 Å². The van der Waals surface area contributed by atoms with Crippen molar-refractivity contribution in [3.63, 3.8) is 0 Å². The quantitative estimate of drug-likeness (QED) is 0.666. The molecule has 0 radical (unpaired) electrons. The van der Waals surface area contributed by atoms with Crippen LogP contribution in [0, 0.1) is 0 Å². The Kier molecular flexibility index (Phi) is 4.99. The van der Waals surface area contributed by atoms with Gasteiger partial charge in [-0.05, 0) is 25.1 Å². The molecular formula is C17H22N2. The fourth-order valence-corrected chi connectivity index (χ4v) is 2.19. The van der Waals surface area contributed by atoms with Crippen LogP contribution in [0.1, 0.15) is 26.2 Å². The molecule has 2 nitrogen and oxygen atoms in total. The molecule has 3 N–H and O–H groups in total. The molecule has 0 amide bonds. The van der Waals surface area contributed by atoms with Gasteiger partial charge in [-0.2, -0.15) is 0 Å². The number of aromatic nitrogens is 1. The van der Waals surface area contributed by atoms with Crippen LogP contribution in [0.25, 0.3) is 21.8 Å². The van der Waals surface area contributed by atoms with Gasteiger partial charge in [-0.25, -0.2) is 0 Å². The van der Waals surface area contributed by atoms with Crippen LogP contribution in [0.3, 0.4) is 0 Å². The molecule has 19 heavy (non-hydrogen) atoms. The standard InChI is InChI=1S/C12H9N.C5H13N/c1-3-7-11-9(5-1)10-6-2-4-8-12(10)13-11;1-2-3-4-5-6/h1-8,13H;2-6H2,1H3. The summed E-state index contributed by atoms with van der Waals surface area (Å²) < 4.78 is 0. The van der Waals surface area contributed by atoms with Crippen LogP contribution in [-0.4, -0.2) is 11.5 Å². The minimum Gasteiger partial charge on any atom is -0.355 e. The largest absolute Gasteiger partial charge is 0.355 e. The Balaban J connectivity index is 0.000000192. The van der Waals surface area contributed by atoms with Crippen LogP contribution in [0.5, 0.6) is 0 Å². The molecule has 0 aliphatic rings. The van der Waals surface area contributed by atoms with E-state index < -0.39 is 0 Å². The van der Waals surface area contributed by atoms with Crippen molar-refractivity contribution in [1.82, 2.24) is 4.98 Å². The van der Waals surface area contributed by atoms with Gasteiger partial charge < -0.3 is 10.7 Å². The van der Waals surface area contributed by atoms with Gasteiger partial charge in [-0.15, -0.1) is 0 Å². The molecule has 0 saturated carbocycles. The molecule has 2 aromatic carbocycles. The van der Waals surface area contributed by atoms with E-state index in [9.17, 15) is 0 Å². The topological polar surface area (TPSA) is 41.8 Å². The van der Waals surface area contributed by atoms with Crippen LogP contribution in [0.2, 0.25) is 0 Å². The second-order valence-electron chi connectivity index (χ2n) is 4.71. The number of para-hydroxylation sites is 2. The number of nitrogens with one attached hydrogen (secondary N) is 1. The summed E-state index contributed by atoms with van der Waals surface area (Å²) in [5.74, 6) is 0. The predicted molar refractivity (Wildman–Crippen MR) is 84.4 cm³/mol. The highest BCUT2D eigenvalue weighted by atomic mass is 14.7. The van der Waals surface area contributed by atoms with E-state index in [2.05, 4.69) is 60.4 Å². The molecule has 0 bridgehead atoms. The van der Waals surface area contributed by atoms with Crippen molar-refractivity contribution in [3.8, 4) is 0 Å². The number of hydrogen-bond acceptors (Lipinski definition) is 1. The van der Waals surface area contributed by atoms with E-state index in [0.717, 1.165) is 6.54 Å². The average molecular weight is 254 g/mol. The highest BCUT2D eigenvalue weighted by molar-refractivity contribution is 6.06. The van der Waals surface area contributed by atoms with E-state index in [4.69, 9.17) is 5.73 Å². The Morgan fingerprint density at radius 3 is 1.79 bits per heavy atom.